The number of para-hydroxylation sites is 2. The van der Waals surface area contributed by atoms with Crippen molar-refractivity contribution in [3.05, 3.63) is 54.1 Å². The summed E-state index contributed by atoms with van der Waals surface area (Å²) in [5.41, 5.74) is 1.35. The first-order valence-corrected chi connectivity index (χ1v) is 8.35. The third-order valence-corrected chi connectivity index (χ3v) is 3.75. The molecule has 1 heterocycles. The molecule has 0 saturated heterocycles. The van der Waals surface area contributed by atoms with Gasteiger partial charge in [0.05, 0.1) is 0 Å². The smallest absolute Gasteiger partial charge is 0.166 e. The fourth-order valence-electron chi connectivity index (χ4n) is 2.41. The zero-order chi connectivity index (χ0) is 17.0. The van der Waals surface area contributed by atoms with Gasteiger partial charge in [-0.2, -0.15) is 0 Å². The summed E-state index contributed by atoms with van der Waals surface area (Å²) in [4.78, 5) is 0. The van der Waals surface area contributed by atoms with Crippen molar-refractivity contribution in [2.75, 3.05) is 13.2 Å². The molecule has 1 unspecified atom stereocenters. The molecule has 0 radical (unpaired) electrons. The second-order valence-corrected chi connectivity index (χ2v) is 7.06. The van der Waals surface area contributed by atoms with Crippen molar-refractivity contribution in [3.63, 3.8) is 0 Å². The summed E-state index contributed by atoms with van der Waals surface area (Å²) in [7, 11) is 0. The van der Waals surface area contributed by atoms with Gasteiger partial charge in [-0.25, -0.2) is 0 Å². The van der Waals surface area contributed by atoms with E-state index >= 15 is 0 Å². The minimum Gasteiger partial charge on any atom is -1.00 e. The Bertz CT molecular complexity index is 667. The van der Waals surface area contributed by atoms with Gasteiger partial charge in [0, 0.05) is 12.1 Å². The molecule has 0 amide bonds. The Hall–Kier alpha value is -1.91. The van der Waals surface area contributed by atoms with Crippen LogP contribution in [0.5, 0.6) is 17.2 Å². The molecule has 5 heteroatoms. The number of halogens is 1. The summed E-state index contributed by atoms with van der Waals surface area (Å²) in [6, 6.07) is 15.9. The van der Waals surface area contributed by atoms with E-state index in [4.69, 9.17) is 14.2 Å². The number of rotatable bonds is 5. The molecule has 2 aromatic rings. The van der Waals surface area contributed by atoms with Crippen LogP contribution in [0.4, 0.5) is 0 Å². The van der Waals surface area contributed by atoms with Gasteiger partial charge in [-0.3, -0.25) is 0 Å². The molecule has 0 aliphatic carbocycles. The van der Waals surface area contributed by atoms with Crippen LogP contribution in [0.2, 0.25) is 0 Å². The third-order valence-electron chi connectivity index (χ3n) is 3.75. The van der Waals surface area contributed by atoms with Crippen molar-refractivity contribution in [2.24, 2.45) is 0 Å². The summed E-state index contributed by atoms with van der Waals surface area (Å²) < 4.78 is 17.4. The van der Waals surface area contributed by atoms with Crippen LogP contribution in [0, 0.1) is 0 Å². The molecule has 136 valence electrons. The molecular weight excluding hydrogens is 338 g/mol. The van der Waals surface area contributed by atoms with E-state index in [1.54, 1.807) is 0 Å². The van der Waals surface area contributed by atoms with Crippen LogP contribution < -0.4 is 31.9 Å². The molecule has 0 spiro atoms. The normalized spacial score (nSPS) is 16.0. The topological polar surface area (TPSA) is 39.7 Å². The van der Waals surface area contributed by atoms with Gasteiger partial charge in [0.1, 0.15) is 19.0 Å². The van der Waals surface area contributed by atoms with Crippen LogP contribution in [0.1, 0.15) is 26.3 Å². The molecule has 25 heavy (non-hydrogen) atoms. The number of hydrogen-bond donors (Lipinski definition) is 1. The van der Waals surface area contributed by atoms with Crippen LogP contribution in [-0.4, -0.2) is 24.9 Å². The zero-order valence-corrected chi connectivity index (χ0v) is 15.7. The lowest BCUT2D eigenvalue weighted by Crippen LogP contribution is -3.00. The van der Waals surface area contributed by atoms with Crippen molar-refractivity contribution >= 4 is 0 Å². The zero-order valence-electron chi connectivity index (χ0n) is 14.9. The first-order valence-electron chi connectivity index (χ1n) is 8.35. The van der Waals surface area contributed by atoms with Gasteiger partial charge in [-0.05, 0) is 50.6 Å². The molecule has 1 aliphatic rings. The van der Waals surface area contributed by atoms with Gasteiger partial charge in [-0.15, -0.1) is 0 Å². The molecule has 1 atom stereocenters. The molecule has 0 aromatic heterocycles. The highest BCUT2D eigenvalue weighted by Gasteiger charge is 2.21. The van der Waals surface area contributed by atoms with Gasteiger partial charge in [-0.1, -0.05) is 24.3 Å². The van der Waals surface area contributed by atoms with E-state index in [0.29, 0.717) is 13.2 Å². The average Bonchev–Trinajstić information content (AvgIpc) is 2.58. The lowest BCUT2D eigenvalue weighted by molar-refractivity contribution is -0.00000657. The Morgan fingerprint density at radius 3 is 2.40 bits per heavy atom. The summed E-state index contributed by atoms with van der Waals surface area (Å²) in [5.74, 6) is 2.42. The fourth-order valence-corrected chi connectivity index (χ4v) is 2.41. The number of nitrogens with one attached hydrogen (secondary N) is 1. The molecule has 0 saturated carbocycles. The predicted octanol–water partition coefficient (Wildman–Crippen LogP) is 0.797. The maximum Gasteiger partial charge on any atom is 0.166 e. The Labute approximate surface area is 155 Å². The van der Waals surface area contributed by atoms with Crippen molar-refractivity contribution in [2.45, 2.75) is 39.0 Å². The number of ether oxygens (including phenoxy) is 3. The number of benzene rings is 2. The van der Waals surface area contributed by atoms with Crippen molar-refractivity contribution < 1.29 is 26.6 Å². The molecule has 3 rings (SSSR count). The maximum absolute atomic E-state index is 5.89. The summed E-state index contributed by atoms with van der Waals surface area (Å²) in [6.07, 6.45) is -0.0952. The molecule has 4 nitrogen and oxygen atoms in total. The molecule has 2 aromatic carbocycles. The first kappa shape index (κ1) is 19.4. The van der Waals surface area contributed by atoms with Crippen LogP contribution in [0.15, 0.2) is 48.5 Å². The minimum absolute atomic E-state index is 0. The van der Waals surface area contributed by atoms with Gasteiger partial charge in [0.25, 0.3) is 0 Å². The third kappa shape index (κ3) is 5.83. The Morgan fingerprint density at radius 1 is 1.04 bits per heavy atom. The number of hydrogen-bond acceptors (Lipinski definition) is 4. The Morgan fingerprint density at radius 2 is 1.72 bits per heavy atom. The quantitative estimate of drug-likeness (QED) is 0.854. The second-order valence-electron chi connectivity index (χ2n) is 7.06. The predicted molar refractivity (Wildman–Crippen MR) is 94.9 cm³/mol. The largest absolute Gasteiger partial charge is 1.00 e. The van der Waals surface area contributed by atoms with E-state index in [-0.39, 0.29) is 24.0 Å². The molecule has 0 bridgehead atoms. The van der Waals surface area contributed by atoms with E-state index in [9.17, 15) is 0 Å². The van der Waals surface area contributed by atoms with Gasteiger partial charge >= 0.3 is 0 Å². The Balaban J connectivity index is 0.00000225. The number of fused-ring (bicyclic) bond motifs is 1. The van der Waals surface area contributed by atoms with Crippen molar-refractivity contribution in [1.82, 2.24) is 5.32 Å². The van der Waals surface area contributed by atoms with E-state index < -0.39 is 0 Å². The molecule has 0 fully saturated rings. The first-order chi connectivity index (χ1) is 11.5. The van der Waals surface area contributed by atoms with E-state index in [1.807, 2.05) is 36.4 Å². The lowest BCUT2D eigenvalue weighted by atomic mass is 10.1. The van der Waals surface area contributed by atoms with Gasteiger partial charge in [0.15, 0.2) is 17.6 Å². The molecular formula is C20H25ClNO3-. The van der Waals surface area contributed by atoms with Crippen LogP contribution >= 0.6 is 0 Å². The second kappa shape index (κ2) is 8.45. The van der Waals surface area contributed by atoms with Gasteiger partial charge in [0.2, 0.25) is 0 Å². The SMILES string of the molecule is CC(C)(C)NCc1ccc(OCC2COc3ccccc3O2)cc1.[Cl-]. The lowest BCUT2D eigenvalue weighted by Gasteiger charge is -2.26. The average molecular weight is 363 g/mol. The molecule has 1 aliphatic heterocycles. The molecule has 1 N–H and O–H groups in total. The van der Waals surface area contributed by atoms with Crippen LogP contribution in [-0.2, 0) is 6.54 Å². The highest BCUT2D eigenvalue weighted by molar-refractivity contribution is 5.40. The summed E-state index contributed by atoms with van der Waals surface area (Å²) in [6.45, 7) is 8.30. The standard InChI is InChI=1S/C20H25NO3.ClH/c1-20(2,3)21-12-15-8-10-16(11-9-15)22-13-17-14-23-18-6-4-5-7-19(18)24-17;/h4-11,17,21H,12-14H2,1-3H3;1H/p-1. The summed E-state index contributed by atoms with van der Waals surface area (Å²) in [5, 5.41) is 3.47. The maximum atomic E-state index is 5.89. The van der Waals surface area contributed by atoms with Gasteiger partial charge < -0.3 is 31.9 Å². The van der Waals surface area contributed by atoms with Crippen molar-refractivity contribution in [3.8, 4) is 17.2 Å². The van der Waals surface area contributed by atoms with Crippen molar-refractivity contribution in [1.29, 1.82) is 0 Å². The Kier molecular flexibility index (Phi) is 6.57. The highest BCUT2D eigenvalue weighted by Crippen LogP contribution is 2.31. The monoisotopic (exact) mass is 362 g/mol. The van der Waals surface area contributed by atoms with E-state index in [2.05, 4.69) is 38.2 Å². The fraction of sp³-hybridized carbons (Fsp3) is 0.400. The van der Waals surface area contributed by atoms with Crippen LogP contribution in [0.25, 0.3) is 0 Å². The van der Waals surface area contributed by atoms with E-state index in [1.165, 1.54) is 5.56 Å². The van der Waals surface area contributed by atoms with E-state index in [0.717, 1.165) is 23.8 Å². The minimum atomic E-state index is -0.0952. The van der Waals surface area contributed by atoms with Crippen LogP contribution in [0.3, 0.4) is 0 Å². The highest BCUT2D eigenvalue weighted by atomic mass is 35.5. The summed E-state index contributed by atoms with van der Waals surface area (Å²) >= 11 is 0.